The molecule has 1 heterocycles. The Bertz CT molecular complexity index is 1000. The number of sulfonamides is 1. The predicted octanol–water partition coefficient (Wildman–Crippen LogP) is 5.06. The van der Waals surface area contributed by atoms with Crippen LogP contribution in [-0.2, 0) is 10.0 Å². The number of benzene rings is 1. The summed E-state index contributed by atoms with van der Waals surface area (Å²) in [6.45, 7) is 10.6. The number of halogens is 3. The van der Waals surface area contributed by atoms with Gasteiger partial charge in [-0.2, -0.15) is 26.6 Å². The van der Waals surface area contributed by atoms with E-state index < -0.39 is 21.2 Å². The van der Waals surface area contributed by atoms with Crippen LogP contribution in [0.3, 0.4) is 0 Å². The monoisotopic (exact) mass is 479 g/mol. The fourth-order valence-electron chi connectivity index (χ4n) is 2.37. The summed E-state index contributed by atoms with van der Waals surface area (Å²) in [5, 5.41) is 13.8. The van der Waals surface area contributed by atoms with Crippen LogP contribution in [-0.4, -0.2) is 49.3 Å². The third-order valence-electron chi connectivity index (χ3n) is 3.78. The summed E-state index contributed by atoms with van der Waals surface area (Å²) in [7, 11) is -4.30. The van der Waals surface area contributed by atoms with Crippen LogP contribution in [0.1, 0.15) is 39.9 Å². The normalized spacial score (nSPS) is 11.8. The molecule has 2 aromatic rings. The van der Waals surface area contributed by atoms with Gasteiger partial charge in [0.1, 0.15) is 17.3 Å². The highest BCUT2D eigenvalue weighted by molar-refractivity contribution is 7.93. The number of nitrogens with one attached hydrogen (secondary N) is 2. The lowest BCUT2D eigenvalue weighted by Crippen LogP contribution is -2.30. The number of rotatable bonds is 8. The summed E-state index contributed by atoms with van der Waals surface area (Å²) >= 11 is 0. The van der Waals surface area contributed by atoms with Crippen LogP contribution < -0.4 is 14.4 Å². The molecule has 0 spiro atoms. The van der Waals surface area contributed by atoms with Crippen molar-refractivity contribution in [2.45, 2.75) is 46.5 Å². The predicted molar refractivity (Wildman–Crippen MR) is 116 cm³/mol. The first-order valence-corrected chi connectivity index (χ1v) is 11.3. The Labute approximate surface area is 185 Å². The van der Waals surface area contributed by atoms with E-state index in [1.807, 2.05) is 13.8 Å². The lowest BCUT2D eigenvalue weighted by Gasteiger charge is -2.25. The number of nitrogens with zero attached hydrogens (tertiary/aromatic N) is 5. The molecule has 0 atom stereocenters. The maximum Gasteiger partial charge on any atom is 0.516 e. The van der Waals surface area contributed by atoms with E-state index >= 15 is 0 Å². The summed E-state index contributed by atoms with van der Waals surface area (Å²) in [5.41, 5.74) is -5.73. The number of anilines is 2. The van der Waals surface area contributed by atoms with E-state index in [4.69, 9.17) is 4.74 Å². The Balaban J connectivity index is 0.00000161. The average Bonchev–Trinajstić information content (AvgIpc) is 3.13. The van der Waals surface area contributed by atoms with Crippen LogP contribution in [0.2, 0.25) is 0 Å². The fourth-order valence-corrected chi connectivity index (χ4v) is 2.94. The second-order valence-corrected chi connectivity index (χ2v) is 8.07. The van der Waals surface area contributed by atoms with Crippen molar-refractivity contribution in [3.8, 4) is 5.75 Å². The molecule has 0 bridgehead atoms. The standard InChI is InChI=1S/C15H20F3N7O3S.C3H8/c1-5-25(6-2)12-7-11(24-29(26,27)15(16,17)18)10(8-13(12)28-4)21-23-14-19-9(3)20-22-14;1-3-2/h7-8,24H,5-6H2,1-4H3,(H,19,20,22);3H2,1-2H3. The SMILES string of the molecule is CCC.CCN(CC)c1cc(NS(=O)(=O)C(F)(F)F)c(N=Nc2n[nH]c(C)n2)cc1OC. The molecule has 0 fully saturated rings. The summed E-state index contributed by atoms with van der Waals surface area (Å²) in [6, 6.07) is 2.50. The molecule has 0 unspecified atom stereocenters. The van der Waals surface area contributed by atoms with Crippen LogP contribution in [0.4, 0.5) is 36.2 Å². The Morgan fingerprint density at radius 2 is 1.75 bits per heavy atom. The van der Waals surface area contributed by atoms with E-state index in [1.165, 1.54) is 30.4 Å². The van der Waals surface area contributed by atoms with Crippen molar-refractivity contribution >= 4 is 33.0 Å². The highest BCUT2D eigenvalue weighted by Gasteiger charge is 2.46. The first kappa shape index (κ1) is 27.1. The minimum absolute atomic E-state index is 0.0704. The molecule has 0 radical (unpaired) electrons. The molecule has 2 N–H and O–H groups in total. The zero-order valence-corrected chi connectivity index (χ0v) is 19.6. The second-order valence-electron chi connectivity index (χ2n) is 6.39. The number of aryl methyl sites for hydroxylation is 1. The van der Waals surface area contributed by atoms with Crippen molar-refractivity contribution in [3.63, 3.8) is 0 Å². The molecule has 10 nitrogen and oxygen atoms in total. The smallest absolute Gasteiger partial charge is 0.494 e. The van der Waals surface area contributed by atoms with Gasteiger partial charge in [-0.1, -0.05) is 20.3 Å². The number of hydrogen-bond acceptors (Lipinski definition) is 8. The Morgan fingerprint density at radius 1 is 1.16 bits per heavy atom. The van der Waals surface area contributed by atoms with Crippen molar-refractivity contribution in [1.82, 2.24) is 15.2 Å². The number of aromatic amines is 1. The highest BCUT2D eigenvalue weighted by atomic mass is 32.2. The van der Waals surface area contributed by atoms with Crippen molar-refractivity contribution < 1.29 is 26.3 Å². The van der Waals surface area contributed by atoms with Gasteiger partial charge in [0.2, 0.25) is 0 Å². The van der Waals surface area contributed by atoms with E-state index in [0.717, 1.165) is 0 Å². The summed E-state index contributed by atoms with van der Waals surface area (Å²) in [4.78, 5) is 5.68. The number of hydrogen-bond donors (Lipinski definition) is 2. The second kappa shape index (κ2) is 11.6. The maximum absolute atomic E-state index is 12.9. The number of ether oxygens (including phenoxy) is 1. The van der Waals surface area contributed by atoms with Gasteiger partial charge >= 0.3 is 15.5 Å². The molecule has 1 aromatic heterocycles. The first-order chi connectivity index (χ1) is 14.9. The van der Waals surface area contributed by atoms with Crippen LogP contribution >= 0.6 is 0 Å². The molecule has 0 aliphatic heterocycles. The number of alkyl halides is 3. The molecule has 14 heteroatoms. The number of H-pyrrole nitrogens is 1. The van der Waals surface area contributed by atoms with Gasteiger partial charge in [0, 0.05) is 19.2 Å². The van der Waals surface area contributed by atoms with E-state index in [9.17, 15) is 21.6 Å². The lowest BCUT2D eigenvalue weighted by molar-refractivity contribution is -0.0429. The molecule has 1 aromatic carbocycles. The van der Waals surface area contributed by atoms with E-state index in [-0.39, 0.29) is 17.4 Å². The third kappa shape index (κ3) is 7.07. The molecule has 0 saturated heterocycles. The van der Waals surface area contributed by atoms with Crippen molar-refractivity contribution in [1.29, 1.82) is 0 Å². The van der Waals surface area contributed by atoms with Gasteiger partial charge in [-0.25, -0.2) is 0 Å². The molecule has 2 rings (SSSR count). The average molecular weight is 480 g/mol. The molecular weight excluding hydrogens is 451 g/mol. The molecule has 0 saturated carbocycles. The van der Waals surface area contributed by atoms with E-state index in [2.05, 4.69) is 39.3 Å². The zero-order chi connectivity index (χ0) is 24.5. The summed E-state index contributed by atoms with van der Waals surface area (Å²) < 4.78 is 68.7. The Kier molecular flexibility index (Phi) is 9.87. The number of methoxy groups -OCH3 is 1. The zero-order valence-electron chi connectivity index (χ0n) is 18.8. The highest BCUT2D eigenvalue weighted by Crippen LogP contribution is 2.40. The van der Waals surface area contributed by atoms with Gasteiger partial charge in [0.25, 0.3) is 5.95 Å². The van der Waals surface area contributed by atoms with Gasteiger partial charge in [0.15, 0.2) is 0 Å². The van der Waals surface area contributed by atoms with Gasteiger partial charge in [0.05, 0.1) is 18.5 Å². The van der Waals surface area contributed by atoms with Crippen molar-refractivity contribution in [2.75, 3.05) is 29.8 Å². The summed E-state index contributed by atoms with van der Waals surface area (Å²) in [6.07, 6.45) is 1.25. The molecule has 0 aliphatic rings. The number of aromatic nitrogens is 3. The quantitative estimate of drug-likeness (QED) is 0.510. The van der Waals surface area contributed by atoms with Crippen LogP contribution in [0.25, 0.3) is 0 Å². The Morgan fingerprint density at radius 3 is 2.19 bits per heavy atom. The van der Waals surface area contributed by atoms with Gasteiger partial charge < -0.3 is 9.64 Å². The Hall–Kier alpha value is -2.90. The summed E-state index contributed by atoms with van der Waals surface area (Å²) in [5.74, 6) is 0.661. The molecule has 180 valence electrons. The molecule has 32 heavy (non-hydrogen) atoms. The minimum Gasteiger partial charge on any atom is -0.494 e. The molecular formula is C18H28F3N7O3S. The van der Waals surface area contributed by atoms with Crippen molar-refractivity contribution in [3.05, 3.63) is 18.0 Å². The van der Waals surface area contributed by atoms with E-state index in [1.54, 1.807) is 11.8 Å². The van der Waals surface area contributed by atoms with Crippen LogP contribution in [0, 0.1) is 6.92 Å². The first-order valence-electron chi connectivity index (χ1n) is 9.80. The van der Waals surface area contributed by atoms with Crippen LogP contribution in [0.5, 0.6) is 5.75 Å². The van der Waals surface area contributed by atoms with Gasteiger partial charge in [-0.3, -0.25) is 9.82 Å². The number of azo groups is 1. The maximum atomic E-state index is 12.9. The van der Waals surface area contributed by atoms with Crippen LogP contribution in [0.15, 0.2) is 22.4 Å². The van der Waals surface area contributed by atoms with Crippen molar-refractivity contribution in [2.24, 2.45) is 10.2 Å². The molecule has 0 amide bonds. The molecule has 0 aliphatic carbocycles. The topological polar surface area (TPSA) is 125 Å². The fraction of sp³-hybridized carbons (Fsp3) is 0.556. The largest absolute Gasteiger partial charge is 0.516 e. The lowest BCUT2D eigenvalue weighted by atomic mass is 10.2. The van der Waals surface area contributed by atoms with E-state index in [0.29, 0.717) is 24.6 Å². The third-order valence-corrected chi connectivity index (χ3v) is 4.88. The van der Waals surface area contributed by atoms with Gasteiger partial charge in [-0.15, -0.1) is 15.3 Å². The minimum atomic E-state index is -5.68. The van der Waals surface area contributed by atoms with Gasteiger partial charge in [-0.05, 0) is 26.8 Å².